The van der Waals surface area contributed by atoms with Gasteiger partial charge in [0.1, 0.15) is 5.75 Å². The first-order valence-electron chi connectivity index (χ1n) is 7.96. The fourth-order valence-electron chi connectivity index (χ4n) is 2.61. The van der Waals surface area contributed by atoms with Crippen molar-refractivity contribution in [3.8, 4) is 5.75 Å². The number of benzene rings is 1. The van der Waals surface area contributed by atoms with Crippen LogP contribution in [0.3, 0.4) is 0 Å². The Morgan fingerprint density at radius 3 is 2.77 bits per heavy atom. The molecule has 0 unspecified atom stereocenters. The third kappa shape index (κ3) is 4.13. The maximum atomic E-state index is 11.9. The van der Waals surface area contributed by atoms with Crippen LogP contribution in [0.5, 0.6) is 5.75 Å². The van der Waals surface area contributed by atoms with Crippen molar-refractivity contribution < 1.29 is 9.53 Å². The third-order valence-corrected chi connectivity index (χ3v) is 4.07. The highest BCUT2D eigenvalue weighted by Gasteiger charge is 2.20. The van der Waals surface area contributed by atoms with Gasteiger partial charge in [0.05, 0.1) is 0 Å². The molecule has 1 aliphatic rings. The standard InChI is InChI=1S/C17H27N3O2/c1-5-19(4)17(21)22-15-8-7-14-9-12-20(16(14)13-15)11-6-10-18(2)3/h7-8,13H,5-6,9-12H2,1-4H3. The van der Waals surface area contributed by atoms with Crippen LogP contribution in [0.25, 0.3) is 0 Å². The quantitative estimate of drug-likeness (QED) is 0.809. The van der Waals surface area contributed by atoms with Crippen molar-refractivity contribution in [3.63, 3.8) is 0 Å². The normalized spacial score (nSPS) is 13.4. The summed E-state index contributed by atoms with van der Waals surface area (Å²) in [6, 6.07) is 5.97. The molecule has 5 heteroatoms. The predicted octanol–water partition coefficient (Wildman–Crippen LogP) is 2.45. The Balaban J connectivity index is 2.01. The molecule has 22 heavy (non-hydrogen) atoms. The molecule has 0 spiro atoms. The highest BCUT2D eigenvalue weighted by Crippen LogP contribution is 2.32. The van der Waals surface area contributed by atoms with Gasteiger partial charge in [-0.2, -0.15) is 0 Å². The second-order valence-corrected chi connectivity index (χ2v) is 6.07. The summed E-state index contributed by atoms with van der Waals surface area (Å²) in [7, 11) is 5.93. The first kappa shape index (κ1) is 16.6. The Kier molecular flexibility index (Phi) is 5.66. The molecule has 0 saturated carbocycles. The van der Waals surface area contributed by atoms with Crippen molar-refractivity contribution in [2.45, 2.75) is 19.8 Å². The minimum absolute atomic E-state index is 0.306. The van der Waals surface area contributed by atoms with Crippen LogP contribution < -0.4 is 9.64 Å². The lowest BCUT2D eigenvalue weighted by molar-refractivity contribution is 0.165. The van der Waals surface area contributed by atoms with Gasteiger partial charge in [0.15, 0.2) is 0 Å². The van der Waals surface area contributed by atoms with Crippen LogP contribution in [0.2, 0.25) is 0 Å². The van der Waals surface area contributed by atoms with Crippen molar-refractivity contribution >= 4 is 11.8 Å². The van der Waals surface area contributed by atoms with Crippen molar-refractivity contribution in [1.29, 1.82) is 0 Å². The Bertz CT molecular complexity index is 517. The highest BCUT2D eigenvalue weighted by atomic mass is 16.6. The third-order valence-electron chi connectivity index (χ3n) is 4.07. The van der Waals surface area contributed by atoms with Crippen molar-refractivity contribution in [1.82, 2.24) is 9.80 Å². The van der Waals surface area contributed by atoms with Crippen molar-refractivity contribution in [2.24, 2.45) is 0 Å². The minimum Gasteiger partial charge on any atom is -0.410 e. The number of amides is 1. The number of carbonyl (C=O) groups is 1. The molecule has 1 amide bonds. The topological polar surface area (TPSA) is 36.0 Å². The maximum absolute atomic E-state index is 11.9. The van der Waals surface area contributed by atoms with E-state index in [1.807, 2.05) is 19.1 Å². The van der Waals surface area contributed by atoms with Gasteiger partial charge in [-0.3, -0.25) is 0 Å². The zero-order valence-corrected chi connectivity index (χ0v) is 14.1. The average Bonchev–Trinajstić information content (AvgIpc) is 2.88. The van der Waals surface area contributed by atoms with Gasteiger partial charge in [0, 0.05) is 38.4 Å². The molecule has 122 valence electrons. The molecule has 0 atom stereocenters. The molecule has 0 N–H and O–H groups in total. The van der Waals surface area contributed by atoms with Gasteiger partial charge in [0.2, 0.25) is 0 Å². The molecule has 0 radical (unpaired) electrons. The fraction of sp³-hybridized carbons (Fsp3) is 0.588. The summed E-state index contributed by atoms with van der Waals surface area (Å²) in [6.45, 7) is 5.74. The molecule has 1 aromatic rings. The lowest BCUT2D eigenvalue weighted by Gasteiger charge is -2.21. The van der Waals surface area contributed by atoms with E-state index in [0.29, 0.717) is 12.3 Å². The Hall–Kier alpha value is -1.75. The highest BCUT2D eigenvalue weighted by molar-refractivity contribution is 5.71. The van der Waals surface area contributed by atoms with Crippen molar-refractivity contribution in [2.75, 3.05) is 52.2 Å². The Morgan fingerprint density at radius 1 is 1.32 bits per heavy atom. The molecule has 1 aliphatic heterocycles. The van der Waals surface area contributed by atoms with Crippen LogP contribution in [-0.4, -0.2) is 63.2 Å². The number of carbonyl (C=O) groups excluding carboxylic acids is 1. The molecule has 0 aliphatic carbocycles. The van der Waals surface area contributed by atoms with Gasteiger partial charge in [0.25, 0.3) is 0 Å². The van der Waals surface area contributed by atoms with Crippen LogP contribution in [0.4, 0.5) is 10.5 Å². The Morgan fingerprint density at radius 2 is 2.09 bits per heavy atom. The first-order chi connectivity index (χ1) is 10.5. The molecule has 0 saturated heterocycles. The summed E-state index contributed by atoms with van der Waals surface area (Å²) in [4.78, 5) is 18.0. The smallest absolute Gasteiger partial charge is 0.410 e. The van der Waals surface area contributed by atoms with Crippen molar-refractivity contribution in [3.05, 3.63) is 23.8 Å². The molecular formula is C17H27N3O2. The van der Waals surface area contributed by atoms with Gasteiger partial charge >= 0.3 is 6.09 Å². The fourth-order valence-corrected chi connectivity index (χ4v) is 2.61. The summed E-state index contributed by atoms with van der Waals surface area (Å²) >= 11 is 0. The number of fused-ring (bicyclic) bond motifs is 1. The van der Waals surface area contributed by atoms with Crippen LogP contribution >= 0.6 is 0 Å². The van der Waals surface area contributed by atoms with E-state index >= 15 is 0 Å². The van der Waals surface area contributed by atoms with Gasteiger partial charge < -0.3 is 19.4 Å². The Labute approximate surface area is 133 Å². The van der Waals surface area contributed by atoms with E-state index < -0.39 is 0 Å². The van der Waals surface area contributed by atoms with E-state index in [1.165, 1.54) is 11.3 Å². The minimum atomic E-state index is -0.306. The number of anilines is 1. The molecular weight excluding hydrogens is 278 g/mol. The average molecular weight is 305 g/mol. The SMILES string of the molecule is CCN(C)C(=O)Oc1ccc2c(c1)N(CCCN(C)C)CC2. The van der Waals surface area contributed by atoms with Crippen LogP contribution in [-0.2, 0) is 6.42 Å². The molecule has 2 rings (SSSR count). The molecule has 1 aromatic carbocycles. The zero-order valence-electron chi connectivity index (χ0n) is 14.1. The van der Waals surface area contributed by atoms with E-state index in [4.69, 9.17) is 4.74 Å². The molecule has 1 heterocycles. The van der Waals surface area contributed by atoms with E-state index in [2.05, 4.69) is 30.0 Å². The predicted molar refractivity (Wildman–Crippen MR) is 89.9 cm³/mol. The number of ether oxygens (including phenoxy) is 1. The lowest BCUT2D eigenvalue weighted by Crippen LogP contribution is -2.29. The number of hydrogen-bond acceptors (Lipinski definition) is 4. The van der Waals surface area contributed by atoms with Gasteiger partial charge in [-0.1, -0.05) is 6.07 Å². The van der Waals surface area contributed by atoms with Crippen LogP contribution in [0.15, 0.2) is 18.2 Å². The van der Waals surface area contributed by atoms with E-state index in [9.17, 15) is 4.79 Å². The second kappa shape index (κ2) is 7.49. The first-order valence-corrected chi connectivity index (χ1v) is 7.96. The molecule has 0 fully saturated rings. The maximum Gasteiger partial charge on any atom is 0.414 e. The molecule has 0 aromatic heterocycles. The van der Waals surface area contributed by atoms with Gasteiger partial charge in [-0.05, 0) is 52.0 Å². The summed E-state index contributed by atoms with van der Waals surface area (Å²) in [5.74, 6) is 0.628. The van der Waals surface area contributed by atoms with E-state index in [-0.39, 0.29) is 6.09 Å². The summed E-state index contributed by atoms with van der Waals surface area (Å²) in [5, 5.41) is 0. The summed E-state index contributed by atoms with van der Waals surface area (Å²) in [6.07, 6.45) is 1.90. The van der Waals surface area contributed by atoms with Gasteiger partial charge in [-0.15, -0.1) is 0 Å². The van der Waals surface area contributed by atoms with Crippen LogP contribution in [0, 0.1) is 0 Å². The largest absolute Gasteiger partial charge is 0.414 e. The molecule has 0 bridgehead atoms. The zero-order chi connectivity index (χ0) is 16.1. The summed E-state index contributed by atoms with van der Waals surface area (Å²) in [5.41, 5.74) is 2.55. The monoisotopic (exact) mass is 305 g/mol. The lowest BCUT2D eigenvalue weighted by atomic mass is 10.1. The molecule has 5 nitrogen and oxygen atoms in total. The van der Waals surface area contributed by atoms with Gasteiger partial charge in [-0.25, -0.2) is 4.79 Å². The van der Waals surface area contributed by atoms with E-state index in [0.717, 1.165) is 32.5 Å². The van der Waals surface area contributed by atoms with Crippen LogP contribution in [0.1, 0.15) is 18.9 Å². The summed E-state index contributed by atoms with van der Waals surface area (Å²) < 4.78 is 5.44. The number of nitrogens with zero attached hydrogens (tertiary/aromatic N) is 3. The second-order valence-electron chi connectivity index (χ2n) is 6.07. The number of rotatable bonds is 6. The van der Waals surface area contributed by atoms with E-state index in [1.54, 1.807) is 11.9 Å². The number of hydrogen-bond donors (Lipinski definition) is 0.